The quantitative estimate of drug-likeness (QED) is 0.444. The molecule has 4 N–H and O–H groups in total. The Kier molecular flexibility index (Phi) is 6.52. The molecule has 0 amide bonds. The first-order valence-electron chi connectivity index (χ1n) is 6.44. The molecule has 110 valence electrons. The second-order valence-electron chi connectivity index (χ2n) is 4.62. The van der Waals surface area contributed by atoms with E-state index in [1.807, 2.05) is 30.3 Å². The van der Waals surface area contributed by atoms with E-state index in [0.29, 0.717) is 18.9 Å². The maximum Gasteiger partial charge on any atom is 0.323 e. The molecule has 1 rings (SSSR count). The Morgan fingerprint density at radius 3 is 2.60 bits per heavy atom. The first-order valence-corrected chi connectivity index (χ1v) is 6.44. The van der Waals surface area contributed by atoms with Gasteiger partial charge in [-0.1, -0.05) is 30.3 Å². The second-order valence-corrected chi connectivity index (χ2v) is 4.62. The number of esters is 1. The lowest BCUT2D eigenvalue weighted by Gasteiger charge is -2.12. The molecule has 0 bridgehead atoms. The highest BCUT2D eigenvalue weighted by Gasteiger charge is 2.14. The average Bonchev–Trinajstić information content (AvgIpc) is 2.45. The minimum atomic E-state index is -0.683. The van der Waals surface area contributed by atoms with E-state index < -0.39 is 12.0 Å². The zero-order valence-electron chi connectivity index (χ0n) is 12.0. The van der Waals surface area contributed by atoms with Crippen LogP contribution in [0, 0.1) is 0 Å². The minimum Gasteiger partial charge on any atom is -0.460 e. The van der Waals surface area contributed by atoms with E-state index in [4.69, 9.17) is 16.2 Å². The van der Waals surface area contributed by atoms with E-state index in [9.17, 15) is 4.79 Å². The number of hydrogen-bond donors (Lipinski definition) is 2. The number of aliphatic imine (C=N–C) groups is 1. The van der Waals surface area contributed by atoms with E-state index in [2.05, 4.69) is 4.99 Å². The smallest absolute Gasteiger partial charge is 0.323 e. The molecule has 0 aliphatic rings. The molecular weight excluding hydrogens is 256 g/mol. The number of nitrogens with two attached hydrogens (primary N) is 2. The summed E-state index contributed by atoms with van der Waals surface area (Å²) in [6.45, 7) is 0.627. The van der Waals surface area contributed by atoms with Gasteiger partial charge in [0.25, 0.3) is 0 Å². The molecule has 0 heterocycles. The van der Waals surface area contributed by atoms with Gasteiger partial charge in [-0.25, -0.2) is 0 Å². The summed E-state index contributed by atoms with van der Waals surface area (Å²) in [6.07, 6.45) is 0.405. The number of carbonyl (C=O) groups excluding carboxylic acids is 1. The molecule has 0 spiro atoms. The van der Waals surface area contributed by atoms with Crippen molar-refractivity contribution in [1.29, 1.82) is 0 Å². The molecular formula is C14H22N4O2. The van der Waals surface area contributed by atoms with Gasteiger partial charge >= 0.3 is 5.97 Å². The number of ether oxygens (including phenoxy) is 1. The van der Waals surface area contributed by atoms with Crippen LogP contribution in [0.25, 0.3) is 0 Å². The van der Waals surface area contributed by atoms with Gasteiger partial charge in [0.05, 0.1) is 0 Å². The number of guanidine groups is 1. The molecule has 6 heteroatoms. The van der Waals surface area contributed by atoms with Crippen molar-refractivity contribution in [2.45, 2.75) is 19.1 Å². The van der Waals surface area contributed by atoms with Crippen LogP contribution in [-0.4, -0.2) is 43.5 Å². The van der Waals surface area contributed by atoms with Crippen LogP contribution < -0.4 is 11.5 Å². The fraction of sp³-hybridized carbons (Fsp3) is 0.429. The van der Waals surface area contributed by atoms with Gasteiger partial charge in [0, 0.05) is 20.6 Å². The summed E-state index contributed by atoms with van der Waals surface area (Å²) in [4.78, 5) is 17.5. The molecule has 0 saturated heterocycles. The summed E-state index contributed by atoms with van der Waals surface area (Å²) in [5.74, 6) is -0.0117. The van der Waals surface area contributed by atoms with E-state index >= 15 is 0 Å². The highest BCUT2D eigenvalue weighted by Crippen LogP contribution is 2.02. The standard InChI is InChI=1S/C14H22N4O2/c1-18(2)14(16)17-9-8-12(15)13(19)20-10-11-6-4-3-5-7-11/h3-7,12H,8-10,15H2,1-2H3,(H2,16,17)/t12-/m0/s1. The number of carbonyl (C=O) groups is 1. The van der Waals surface area contributed by atoms with Crippen molar-refractivity contribution in [2.75, 3.05) is 20.6 Å². The molecule has 20 heavy (non-hydrogen) atoms. The van der Waals surface area contributed by atoms with E-state index in [1.165, 1.54) is 0 Å². The Morgan fingerprint density at radius 1 is 1.35 bits per heavy atom. The predicted molar refractivity (Wildman–Crippen MR) is 79.0 cm³/mol. The molecule has 0 aliphatic heterocycles. The average molecular weight is 278 g/mol. The van der Waals surface area contributed by atoms with Crippen LogP contribution in [0.1, 0.15) is 12.0 Å². The molecule has 0 aromatic heterocycles. The summed E-state index contributed by atoms with van der Waals surface area (Å²) < 4.78 is 5.14. The van der Waals surface area contributed by atoms with Gasteiger partial charge in [-0.15, -0.1) is 0 Å². The van der Waals surface area contributed by atoms with E-state index in [0.717, 1.165) is 5.56 Å². The molecule has 1 aromatic carbocycles. The van der Waals surface area contributed by atoms with Gasteiger partial charge in [-0.2, -0.15) is 0 Å². The summed E-state index contributed by atoms with van der Waals surface area (Å²) in [7, 11) is 3.60. The van der Waals surface area contributed by atoms with Gasteiger partial charge in [0.1, 0.15) is 12.6 Å². The van der Waals surface area contributed by atoms with Gasteiger partial charge < -0.3 is 21.1 Å². The number of nitrogens with zero attached hydrogens (tertiary/aromatic N) is 2. The largest absolute Gasteiger partial charge is 0.460 e. The monoisotopic (exact) mass is 278 g/mol. The lowest BCUT2D eigenvalue weighted by molar-refractivity contribution is -0.146. The first kappa shape index (κ1) is 16.0. The molecule has 1 aromatic rings. The third-order valence-electron chi connectivity index (χ3n) is 2.70. The predicted octanol–water partition coefficient (Wildman–Crippen LogP) is 0.324. The number of hydrogen-bond acceptors (Lipinski definition) is 4. The van der Waals surface area contributed by atoms with Crippen LogP contribution in [0.4, 0.5) is 0 Å². The molecule has 6 nitrogen and oxygen atoms in total. The lowest BCUT2D eigenvalue weighted by atomic mass is 10.2. The summed E-state index contributed by atoms with van der Waals surface area (Å²) in [5, 5.41) is 0. The van der Waals surface area contributed by atoms with Gasteiger partial charge in [0.15, 0.2) is 5.96 Å². The number of benzene rings is 1. The Labute approximate surface area is 119 Å². The van der Waals surface area contributed by atoms with Crippen LogP contribution in [0.15, 0.2) is 35.3 Å². The molecule has 0 fully saturated rings. The zero-order chi connectivity index (χ0) is 15.0. The fourth-order valence-electron chi connectivity index (χ4n) is 1.41. The normalized spacial score (nSPS) is 12.8. The number of rotatable bonds is 6. The van der Waals surface area contributed by atoms with Crippen molar-refractivity contribution >= 4 is 11.9 Å². The molecule has 0 saturated carbocycles. The van der Waals surface area contributed by atoms with Crippen molar-refractivity contribution in [3.63, 3.8) is 0 Å². The fourth-order valence-corrected chi connectivity index (χ4v) is 1.41. The van der Waals surface area contributed by atoms with Crippen LogP contribution in [0.2, 0.25) is 0 Å². The Hall–Kier alpha value is -2.08. The molecule has 0 radical (unpaired) electrons. The maximum atomic E-state index is 11.7. The summed E-state index contributed by atoms with van der Waals surface area (Å²) in [6, 6.07) is 8.78. The molecule has 0 aliphatic carbocycles. The first-order chi connectivity index (χ1) is 9.50. The second kappa shape index (κ2) is 8.16. The van der Waals surface area contributed by atoms with Crippen molar-refractivity contribution in [2.24, 2.45) is 16.5 Å². The Morgan fingerprint density at radius 2 is 2.00 bits per heavy atom. The van der Waals surface area contributed by atoms with Crippen LogP contribution >= 0.6 is 0 Å². The highest BCUT2D eigenvalue weighted by atomic mass is 16.5. The zero-order valence-corrected chi connectivity index (χ0v) is 12.0. The lowest BCUT2D eigenvalue weighted by Crippen LogP contribution is -2.34. The highest BCUT2D eigenvalue weighted by molar-refractivity contribution is 5.77. The molecule has 0 unspecified atom stereocenters. The van der Waals surface area contributed by atoms with Gasteiger partial charge in [0.2, 0.25) is 0 Å². The Bertz CT molecular complexity index is 446. The maximum absolute atomic E-state index is 11.7. The topological polar surface area (TPSA) is 93.9 Å². The Balaban J connectivity index is 2.31. The third-order valence-corrected chi connectivity index (χ3v) is 2.70. The van der Waals surface area contributed by atoms with E-state index in [1.54, 1.807) is 19.0 Å². The molecule has 1 atom stereocenters. The van der Waals surface area contributed by atoms with Crippen molar-refractivity contribution in [3.05, 3.63) is 35.9 Å². The summed E-state index contributed by atoms with van der Waals surface area (Å²) >= 11 is 0. The van der Waals surface area contributed by atoms with Crippen molar-refractivity contribution < 1.29 is 9.53 Å². The van der Waals surface area contributed by atoms with Gasteiger partial charge in [-0.3, -0.25) is 9.79 Å². The van der Waals surface area contributed by atoms with E-state index in [-0.39, 0.29) is 6.61 Å². The van der Waals surface area contributed by atoms with Gasteiger partial charge in [-0.05, 0) is 12.0 Å². The van der Waals surface area contributed by atoms with Crippen LogP contribution in [-0.2, 0) is 16.1 Å². The van der Waals surface area contributed by atoms with Crippen LogP contribution in [0.5, 0.6) is 0 Å². The van der Waals surface area contributed by atoms with Crippen molar-refractivity contribution in [3.8, 4) is 0 Å². The third kappa shape index (κ3) is 5.71. The van der Waals surface area contributed by atoms with Crippen molar-refractivity contribution in [1.82, 2.24) is 4.90 Å². The summed E-state index contributed by atoms with van der Waals surface area (Å²) in [5.41, 5.74) is 12.3. The minimum absolute atomic E-state index is 0.233. The SMILES string of the molecule is CN(C)C(N)=NCC[C@H](N)C(=O)OCc1ccccc1. The van der Waals surface area contributed by atoms with Crippen LogP contribution in [0.3, 0.4) is 0 Å².